The minimum atomic E-state index is -0.595. The maximum atomic E-state index is 12.6. The second-order valence-electron chi connectivity index (χ2n) is 11.2. The summed E-state index contributed by atoms with van der Waals surface area (Å²) in [6.45, 7) is 2.52. The Balaban J connectivity index is 1.39. The number of rotatable bonds is 15. The van der Waals surface area contributed by atoms with E-state index in [0.29, 0.717) is 37.6 Å². The van der Waals surface area contributed by atoms with E-state index in [4.69, 9.17) is 19.4 Å². The fourth-order valence-electron chi connectivity index (χ4n) is 5.78. The summed E-state index contributed by atoms with van der Waals surface area (Å²) in [6, 6.07) is 15.9. The van der Waals surface area contributed by atoms with E-state index in [1.54, 1.807) is 12.6 Å². The summed E-state index contributed by atoms with van der Waals surface area (Å²) in [4.78, 5) is 26.1. The lowest BCUT2D eigenvalue weighted by molar-refractivity contribution is -0.253. The van der Waals surface area contributed by atoms with Crippen molar-refractivity contribution in [2.45, 2.75) is 88.9 Å². The number of unbranched alkanes of at least 4 members (excludes halogenated alkanes) is 3. The lowest BCUT2D eigenvalue weighted by atomic mass is 9.99. The molecular weight excluding hydrogens is 538 g/mol. The van der Waals surface area contributed by atoms with Gasteiger partial charge in [0.2, 0.25) is 11.8 Å². The lowest BCUT2D eigenvalue weighted by Gasteiger charge is -2.39. The zero-order chi connectivity index (χ0) is 29.7. The number of benzene rings is 2. The molecule has 0 aromatic heterocycles. The first-order valence-electron chi connectivity index (χ1n) is 15.1. The highest BCUT2D eigenvalue weighted by Crippen LogP contribution is 2.39. The van der Waals surface area contributed by atoms with Gasteiger partial charge < -0.3 is 24.6 Å². The van der Waals surface area contributed by atoms with Gasteiger partial charge in [-0.2, -0.15) is 0 Å². The smallest absolute Gasteiger partial charge is 0.243 e. The van der Waals surface area contributed by atoms with Crippen LogP contribution in [-0.4, -0.2) is 66.0 Å². The van der Waals surface area contributed by atoms with Gasteiger partial charge in [-0.1, -0.05) is 49.2 Å². The molecule has 0 saturated carbocycles. The number of aliphatic hydroxyl groups excluding tert-OH is 1. The summed E-state index contributed by atoms with van der Waals surface area (Å²) in [6.07, 6.45) is 5.88. The van der Waals surface area contributed by atoms with Gasteiger partial charge in [0.1, 0.15) is 0 Å². The number of methoxy groups -OCH3 is 1. The Bertz CT molecular complexity index is 1130. The van der Waals surface area contributed by atoms with E-state index >= 15 is 0 Å². The van der Waals surface area contributed by atoms with Crippen LogP contribution in [0.1, 0.15) is 86.9 Å². The van der Waals surface area contributed by atoms with Crippen LogP contribution in [0.4, 0.5) is 5.69 Å². The molecule has 2 aromatic rings. The number of hydrogen-bond acceptors (Lipinski definition) is 8. The summed E-state index contributed by atoms with van der Waals surface area (Å²) in [5, 5.41) is 21.0. The minimum absolute atomic E-state index is 0.00211. The van der Waals surface area contributed by atoms with Crippen LogP contribution >= 0.6 is 0 Å². The topological polar surface area (TPSA) is 130 Å². The number of amides is 2. The van der Waals surface area contributed by atoms with Crippen molar-refractivity contribution in [2.75, 3.05) is 32.1 Å². The van der Waals surface area contributed by atoms with E-state index in [1.807, 2.05) is 48.5 Å². The van der Waals surface area contributed by atoms with Crippen LogP contribution in [-0.2, 0) is 30.4 Å². The van der Waals surface area contributed by atoms with Crippen molar-refractivity contribution < 1.29 is 34.1 Å². The molecule has 2 saturated heterocycles. The van der Waals surface area contributed by atoms with E-state index in [1.165, 1.54) is 0 Å². The number of anilines is 1. The van der Waals surface area contributed by atoms with E-state index in [-0.39, 0.29) is 37.0 Å². The van der Waals surface area contributed by atoms with Crippen molar-refractivity contribution in [3.05, 3.63) is 65.2 Å². The molecule has 4 rings (SSSR count). The van der Waals surface area contributed by atoms with Crippen molar-refractivity contribution in [2.24, 2.45) is 0 Å². The number of aliphatic hydroxyl groups is 1. The second-order valence-corrected chi connectivity index (χ2v) is 11.2. The van der Waals surface area contributed by atoms with Gasteiger partial charge in [0.25, 0.3) is 0 Å². The Morgan fingerprint density at radius 1 is 1.00 bits per heavy atom. The number of ether oxygens (including phenoxy) is 3. The Kier molecular flexibility index (Phi) is 12.7. The summed E-state index contributed by atoms with van der Waals surface area (Å²) >= 11 is 0. The molecule has 0 spiro atoms. The molecule has 42 heavy (non-hydrogen) atoms. The Morgan fingerprint density at radius 2 is 1.76 bits per heavy atom. The van der Waals surface area contributed by atoms with Crippen molar-refractivity contribution in [1.82, 2.24) is 10.4 Å². The first kappa shape index (κ1) is 32.1. The molecule has 230 valence electrons. The first-order valence-corrected chi connectivity index (χ1v) is 15.1. The van der Waals surface area contributed by atoms with Crippen molar-refractivity contribution in [3.8, 4) is 0 Å². The number of carbonyl (C=O) groups excluding carboxylic acids is 2. The van der Waals surface area contributed by atoms with Gasteiger partial charge in [0, 0.05) is 50.2 Å². The van der Waals surface area contributed by atoms with E-state index in [9.17, 15) is 14.7 Å². The monoisotopic (exact) mass is 583 g/mol. The maximum absolute atomic E-state index is 12.6. The summed E-state index contributed by atoms with van der Waals surface area (Å²) in [5.74, 6) is -0.453. The largest absolute Gasteiger partial charge is 0.392 e. The number of nitrogens with zero attached hydrogens (tertiary/aromatic N) is 1. The molecule has 4 atom stereocenters. The maximum Gasteiger partial charge on any atom is 0.243 e. The third-order valence-corrected chi connectivity index (χ3v) is 8.04. The summed E-state index contributed by atoms with van der Waals surface area (Å²) in [5.41, 5.74) is 5.06. The van der Waals surface area contributed by atoms with Gasteiger partial charge in [-0.05, 0) is 55.5 Å². The molecular formula is C32H45N3O7. The quantitative estimate of drug-likeness (QED) is 0.136. The van der Waals surface area contributed by atoms with Crippen molar-refractivity contribution in [3.63, 3.8) is 0 Å². The van der Waals surface area contributed by atoms with E-state index < -0.39 is 6.29 Å². The summed E-state index contributed by atoms with van der Waals surface area (Å²) < 4.78 is 18.5. The average Bonchev–Trinajstić information content (AvgIpc) is 3.45. The van der Waals surface area contributed by atoms with Crippen LogP contribution in [0.15, 0.2) is 48.5 Å². The number of hydroxylamine groups is 1. The predicted octanol–water partition coefficient (Wildman–Crippen LogP) is 4.62. The molecule has 10 nitrogen and oxygen atoms in total. The van der Waals surface area contributed by atoms with Gasteiger partial charge >= 0.3 is 0 Å². The van der Waals surface area contributed by atoms with Gasteiger partial charge in [-0.3, -0.25) is 19.7 Å². The fourth-order valence-corrected chi connectivity index (χ4v) is 5.78. The van der Waals surface area contributed by atoms with Crippen LogP contribution in [0.5, 0.6) is 0 Å². The van der Waals surface area contributed by atoms with Gasteiger partial charge in [-0.25, -0.2) is 5.48 Å². The molecule has 4 N–H and O–H groups in total. The molecule has 0 unspecified atom stereocenters. The Morgan fingerprint density at radius 3 is 2.48 bits per heavy atom. The molecule has 0 bridgehead atoms. The fraction of sp³-hybridized carbons (Fsp3) is 0.562. The number of nitrogens with one attached hydrogen (secondary N) is 2. The van der Waals surface area contributed by atoms with E-state index in [0.717, 1.165) is 61.9 Å². The molecule has 2 aromatic carbocycles. The highest BCUT2D eigenvalue weighted by molar-refractivity contribution is 5.90. The van der Waals surface area contributed by atoms with Crippen molar-refractivity contribution >= 4 is 17.5 Å². The van der Waals surface area contributed by atoms with Gasteiger partial charge in [0.15, 0.2) is 6.29 Å². The highest BCUT2D eigenvalue weighted by Gasteiger charge is 2.35. The lowest BCUT2D eigenvalue weighted by Crippen LogP contribution is -2.42. The Labute approximate surface area is 248 Å². The van der Waals surface area contributed by atoms with E-state index in [2.05, 4.69) is 10.2 Å². The minimum Gasteiger partial charge on any atom is -0.392 e. The third kappa shape index (κ3) is 9.58. The zero-order valence-electron chi connectivity index (χ0n) is 24.5. The van der Waals surface area contributed by atoms with Crippen LogP contribution in [0.3, 0.4) is 0 Å². The van der Waals surface area contributed by atoms with Crippen LogP contribution in [0, 0.1) is 0 Å². The predicted molar refractivity (Wildman–Crippen MR) is 158 cm³/mol. The average molecular weight is 584 g/mol. The van der Waals surface area contributed by atoms with Crippen LogP contribution < -0.4 is 10.8 Å². The molecule has 2 aliphatic rings. The third-order valence-electron chi connectivity index (χ3n) is 8.04. The van der Waals surface area contributed by atoms with Crippen molar-refractivity contribution in [1.29, 1.82) is 0 Å². The van der Waals surface area contributed by atoms with Gasteiger partial charge in [-0.15, -0.1) is 0 Å². The van der Waals surface area contributed by atoms with Crippen LogP contribution in [0.25, 0.3) is 0 Å². The van der Waals surface area contributed by atoms with Crippen LogP contribution in [0.2, 0.25) is 0 Å². The highest BCUT2D eigenvalue weighted by atomic mass is 16.7. The molecule has 10 heteroatoms. The standard InChI is InChI=1S/C32H45N3O7/c1-40-22-27-10-7-17-35(27)20-28-19-29(24-15-13-23(21-36)14-16-24)42-32(41-28)25-8-6-9-26(18-25)33-30(37)11-4-2-3-5-12-31(38)34-39/h6,8-9,13-16,18,27-29,32,36,39H,2-5,7,10-12,17,19-22H2,1H3,(H,33,37)(H,34,38)/t27-,28+,29-,32-/m0/s1. The number of carbonyl (C=O) groups is 2. The Hall–Kier alpha value is -2.86. The molecule has 2 amide bonds. The molecule has 2 fully saturated rings. The van der Waals surface area contributed by atoms with Gasteiger partial charge in [0.05, 0.1) is 25.4 Å². The first-order chi connectivity index (χ1) is 20.5. The SMILES string of the molecule is COC[C@@H]1CCCN1C[C@H]1C[C@@H](c2ccc(CO)cc2)O[C@@H](c2cccc(NC(=O)CCCCCCC(=O)NO)c2)O1. The number of likely N-dealkylation sites (tertiary alicyclic amines) is 1. The molecule has 0 aliphatic carbocycles. The molecule has 2 aliphatic heterocycles. The second kappa shape index (κ2) is 16.7. The normalized spacial score (nSPS) is 22.6. The molecule has 0 radical (unpaired) electrons. The zero-order valence-corrected chi connectivity index (χ0v) is 24.5. The molecule has 2 heterocycles. The number of hydrogen-bond donors (Lipinski definition) is 4. The summed E-state index contributed by atoms with van der Waals surface area (Å²) in [7, 11) is 1.75.